The Hall–Kier alpha value is -4.16. The SMILES string of the molecule is CC[C@H](CN)Nc1nc(NCc2ccc(-c3ccc(OC#N)cc3)cc2)c2ncn(C(C)C)c2n1. The zero-order valence-corrected chi connectivity index (χ0v) is 20.2. The van der Waals surface area contributed by atoms with Gasteiger partial charge in [-0.15, -0.1) is 5.26 Å². The van der Waals surface area contributed by atoms with Crippen LogP contribution in [0.4, 0.5) is 11.8 Å². The zero-order valence-electron chi connectivity index (χ0n) is 20.2. The van der Waals surface area contributed by atoms with Gasteiger partial charge in [-0.3, -0.25) is 0 Å². The molecule has 4 N–H and O–H groups in total. The number of benzene rings is 2. The van der Waals surface area contributed by atoms with E-state index >= 15 is 0 Å². The second-order valence-corrected chi connectivity index (χ2v) is 8.57. The van der Waals surface area contributed by atoms with Crippen molar-refractivity contribution in [2.75, 3.05) is 17.2 Å². The van der Waals surface area contributed by atoms with Crippen molar-refractivity contribution in [2.45, 2.75) is 45.8 Å². The maximum absolute atomic E-state index is 8.63. The lowest BCUT2D eigenvalue weighted by atomic mass is 10.0. The Kier molecular flexibility index (Phi) is 7.43. The van der Waals surface area contributed by atoms with Gasteiger partial charge in [0.15, 0.2) is 17.0 Å². The molecular weight excluding hydrogens is 440 g/mol. The van der Waals surface area contributed by atoms with Crippen molar-refractivity contribution in [3.8, 4) is 23.1 Å². The Morgan fingerprint density at radius 2 is 1.74 bits per heavy atom. The number of aromatic nitrogens is 4. The van der Waals surface area contributed by atoms with Crippen molar-refractivity contribution < 1.29 is 4.74 Å². The molecule has 0 fully saturated rings. The standard InChI is InChI=1S/C26H30N8O/c1-4-21(13-27)31-26-32-24(23-25(33-26)34(16-30-23)17(2)3)29-14-18-5-7-19(8-6-18)20-9-11-22(12-10-20)35-15-28/h5-12,16-17,21H,4,13-14,27H2,1-3H3,(H2,29,31,32,33)/t21-/m1/s1. The van der Waals surface area contributed by atoms with E-state index in [1.165, 1.54) is 0 Å². The zero-order chi connectivity index (χ0) is 24.8. The van der Waals surface area contributed by atoms with Crippen LogP contribution in [-0.4, -0.2) is 32.1 Å². The third-order valence-corrected chi connectivity index (χ3v) is 5.85. The maximum atomic E-state index is 8.63. The summed E-state index contributed by atoms with van der Waals surface area (Å²) >= 11 is 0. The van der Waals surface area contributed by atoms with Crippen LogP contribution in [0.5, 0.6) is 5.75 Å². The van der Waals surface area contributed by atoms with Gasteiger partial charge in [0.1, 0.15) is 5.75 Å². The third kappa shape index (κ3) is 5.50. The highest BCUT2D eigenvalue weighted by Crippen LogP contribution is 2.26. The van der Waals surface area contributed by atoms with Crippen molar-refractivity contribution in [1.29, 1.82) is 5.26 Å². The number of rotatable bonds is 10. The molecule has 35 heavy (non-hydrogen) atoms. The van der Waals surface area contributed by atoms with Gasteiger partial charge in [-0.2, -0.15) is 9.97 Å². The second-order valence-electron chi connectivity index (χ2n) is 8.57. The van der Waals surface area contributed by atoms with E-state index < -0.39 is 0 Å². The minimum Gasteiger partial charge on any atom is -0.388 e. The first-order chi connectivity index (χ1) is 17.0. The number of nitrogens with zero attached hydrogens (tertiary/aromatic N) is 5. The van der Waals surface area contributed by atoms with E-state index in [0.29, 0.717) is 30.6 Å². The Morgan fingerprint density at radius 3 is 2.34 bits per heavy atom. The molecule has 0 bridgehead atoms. The molecule has 180 valence electrons. The number of ether oxygens (including phenoxy) is 1. The van der Waals surface area contributed by atoms with Crippen LogP contribution in [0.15, 0.2) is 54.9 Å². The summed E-state index contributed by atoms with van der Waals surface area (Å²) in [6.07, 6.45) is 4.37. The number of hydrogen-bond acceptors (Lipinski definition) is 8. The second kappa shape index (κ2) is 10.8. The molecule has 0 aliphatic heterocycles. The van der Waals surface area contributed by atoms with E-state index in [4.69, 9.17) is 25.7 Å². The smallest absolute Gasteiger partial charge is 0.292 e. The van der Waals surface area contributed by atoms with E-state index in [2.05, 4.69) is 60.7 Å². The molecule has 2 aromatic heterocycles. The fourth-order valence-electron chi connectivity index (χ4n) is 3.76. The Bertz CT molecular complexity index is 1300. The molecule has 9 heteroatoms. The summed E-state index contributed by atoms with van der Waals surface area (Å²) in [5.74, 6) is 1.75. The average molecular weight is 471 g/mol. The molecule has 2 heterocycles. The van der Waals surface area contributed by atoms with Crippen molar-refractivity contribution in [2.24, 2.45) is 5.73 Å². The van der Waals surface area contributed by atoms with Gasteiger partial charge < -0.3 is 25.7 Å². The predicted molar refractivity (Wildman–Crippen MR) is 138 cm³/mol. The van der Waals surface area contributed by atoms with E-state index in [9.17, 15) is 0 Å². The summed E-state index contributed by atoms with van der Waals surface area (Å²) in [7, 11) is 0. The van der Waals surface area contributed by atoms with Gasteiger partial charge in [-0.05, 0) is 49.1 Å². The molecule has 0 aliphatic carbocycles. The summed E-state index contributed by atoms with van der Waals surface area (Å²) in [5.41, 5.74) is 10.6. The lowest BCUT2D eigenvalue weighted by Crippen LogP contribution is -2.29. The van der Waals surface area contributed by atoms with E-state index in [0.717, 1.165) is 34.3 Å². The first-order valence-electron chi connectivity index (χ1n) is 11.7. The summed E-state index contributed by atoms with van der Waals surface area (Å²) in [4.78, 5) is 14.0. The lowest BCUT2D eigenvalue weighted by Gasteiger charge is -2.16. The first kappa shape index (κ1) is 24.0. The minimum atomic E-state index is 0.101. The van der Waals surface area contributed by atoms with Crippen molar-refractivity contribution in [1.82, 2.24) is 19.5 Å². The van der Waals surface area contributed by atoms with E-state index in [-0.39, 0.29) is 12.1 Å². The molecule has 0 aliphatic rings. The van der Waals surface area contributed by atoms with Crippen LogP contribution in [0.3, 0.4) is 0 Å². The highest BCUT2D eigenvalue weighted by Gasteiger charge is 2.16. The number of anilines is 2. The molecule has 0 spiro atoms. The average Bonchev–Trinajstić information content (AvgIpc) is 3.31. The van der Waals surface area contributed by atoms with Crippen molar-refractivity contribution in [3.63, 3.8) is 0 Å². The first-order valence-corrected chi connectivity index (χ1v) is 11.7. The maximum Gasteiger partial charge on any atom is 0.292 e. The monoisotopic (exact) mass is 470 g/mol. The molecule has 2 aromatic carbocycles. The fourth-order valence-corrected chi connectivity index (χ4v) is 3.76. The summed E-state index contributed by atoms with van der Waals surface area (Å²) in [5, 5.41) is 15.4. The third-order valence-electron chi connectivity index (χ3n) is 5.85. The van der Waals surface area contributed by atoms with Crippen LogP contribution in [-0.2, 0) is 6.54 Å². The van der Waals surface area contributed by atoms with Crippen LogP contribution in [0, 0.1) is 11.5 Å². The van der Waals surface area contributed by atoms with Gasteiger partial charge in [-0.1, -0.05) is 43.3 Å². The van der Waals surface area contributed by atoms with Gasteiger partial charge in [0, 0.05) is 25.2 Å². The Labute approximate surface area is 205 Å². The number of imidazole rings is 1. The molecular formula is C26H30N8O. The summed E-state index contributed by atoms with van der Waals surface area (Å²) in [6, 6.07) is 16.0. The number of nitrogens with one attached hydrogen (secondary N) is 2. The van der Waals surface area contributed by atoms with E-state index in [1.54, 1.807) is 24.7 Å². The molecule has 4 aromatic rings. The highest BCUT2D eigenvalue weighted by molar-refractivity contribution is 5.84. The molecule has 0 amide bonds. The van der Waals surface area contributed by atoms with Crippen LogP contribution in [0.1, 0.15) is 38.8 Å². The molecule has 1 atom stereocenters. The minimum absolute atomic E-state index is 0.101. The molecule has 0 unspecified atom stereocenters. The predicted octanol–water partition coefficient (Wildman–Crippen LogP) is 4.70. The summed E-state index contributed by atoms with van der Waals surface area (Å²) in [6.45, 7) is 7.38. The van der Waals surface area contributed by atoms with Crippen LogP contribution >= 0.6 is 0 Å². The van der Waals surface area contributed by atoms with Crippen LogP contribution in [0.25, 0.3) is 22.3 Å². The molecule has 9 nitrogen and oxygen atoms in total. The van der Waals surface area contributed by atoms with Crippen LogP contribution < -0.4 is 21.1 Å². The molecule has 0 saturated heterocycles. The Morgan fingerprint density at radius 1 is 1.06 bits per heavy atom. The van der Waals surface area contributed by atoms with Gasteiger partial charge in [0.25, 0.3) is 6.26 Å². The van der Waals surface area contributed by atoms with Gasteiger partial charge in [-0.25, -0.2) is 4.98 Å². The fraction of sp³-hybridized carbons (Fsp3) is 0.308. The largest absolute Gasteiger partial charge is 0.388 e. The van der Waals surface area contributed by atoms with Gasteiger partial charge in [0.05, 0.1) is 6.33 Å². The number of nitrogens with two attached hydrogens (primary N) is 1. The number of nitriles is 1. The Balaban J connectivity index is 1.54. The number of hydrogen-bond donors (Lipinski definition) is 3. The molecule has 0 saturated carbocycles. The quantitative estimate of drug-likeness (QED) is 0.285. The summed E-state index contributed by atoms with van der Waals surface area (Å²) < 4.78 is 6.89. The van der Waals surface area contributed by atoms with E-state index in [1.807, 2.05) is 16.7 Å². The molecule has 0 radical (unpaired) electrons. The normalized spacial score (nSPS) is 11.9. The van der Waals surface area contributed by atoms with Gasteiger partial charge in [0.2, 0.25) is 5.95 Å². The topological polar surface area (TPSA) is 127 Å². The van der Waals surface area contributed by atoms with Crippen molar-refractivity contribution in [3.05, 3.63) is 60.4 Å². The molecule has 4 rings (SSSR count). The highest BCUT2D eigenvalue weighted by atomic mass is 16.5. The van der Waals surface area contributed by atoms with Crippen LogP contribution in [0.2, 0.25) is 0 Å². The van der Waals surface area contributed by atoms with Gasteiger partial charge >= 0.3 is 0 Å². The lowest BCUT2D eigenvalue weighted by molar-refractivity contribution is 0.507. The van der Waals surface area contributed by atoms with Crippen molar-refractivity contribution >= 4 is 22.9 Å². The number of fused-ring (bicyclic) bond motifs is 1.